The molecule has 1 N–H and O–H groups in total. The van der Waals surface area contributed by atoms with Crippen LogP contribution in [0.25, 0.3) is 16.2 Å². The predicted octanol–water partition coefficient (Wildman–Crippen LogP) is 3.50. The summed E-state index contributed by atoms with van der Waals surface area (Å²) in [4.78, 5) is 7.31. The van der Waals surface area contributed by atoms with Gasteiger partial charge in [-0.25, -0.2) is 4.98 Å². The molecule has 1 aliphatic rings. The highest BCUT2D eigenvalue weighted by molar-refractivity contribution is 7.17. The van der Waals surface area contributed by atoms with Crippen LogP contribution in [0.2, 0.25) is 0 Å². The lowest BCUT2D eigenvalue weighted by molar-refractivity contribution is 0.317. The number of hydrogen-bond acceptors (Lipinski definition) is 4. The number of hydrogen-bond donors (Lipinski definition) is 1. The van der Waals surface area contributed by atoms with E-state index in [0.29, 0.717) is 0 Å². The van der Waals surface area contributed by atoms with Gasteiger partial charge in [0.25, 0.3) is 0 Å². The molecular weight excluding hydrogens is 294 g/mol. The zero-order valence-electron chi connectivity index (χ0n) is 12.6. The van der Waals surface area contributed by atoms with Crippen LogP contribution < -0.4 is 10.1 Å². The Balaban J connectivity index is 1.64. The van der Waals surface area contributed by atoms with Gasteiger partial charge in [-0.15, -0.1) is 0 Å². The van der Waals surface area contributed by atoms with E-state index in [-0.39, 0.29) is 0 Å². The Labute approximate surface area is 133 Å². The Morgan fingerprint density at radius 2 is 2.18 bits per heavy atom. The number of rotatable bonds is 4. The zero-order valence-corrected chi connectivity index (χ0v) is 13.4. The fourth-order valence-electron chi connectivity index (χ4n) is 2.82. The van der Waals surface area contributed by atoms with E-state index in [1.54, 1.807) is 11.3 Å². The molecule has 3 heterocycles. The van der Waals surface area contributed by atoms with Gasteiger partial charge < -0.3 is 10.1 Å². The molecule has 0 bridgehead atoms. The third kappa shape index (κ3) is 2.40. The molecule has 22 heavy (non-hydrogen) atoms. The SMILES string of the molecule is CCCOc1ccc(-c2cn3c4c(sc3n2)CNCC4)cc1. The molecule has 0 aliphatic carbocycles. The molecular formula is C17H19N3OS. The van der Waals surface area contributed by atoms with Crippen molar-refractivity contribution in [2.75, 3.05) is 13.2 Å². The van der Waals surface area contributed by atoms with Gasteiger partial charge in [0.1, 0.15) is 5.75 Å². The Morgan fingerprint density at radius 1 is 1.32 bits per heavy atom. The standard InChI is InChI=1S/C17H19N3OS/c1-2-9-21-13-5-3-12(4-6-13)14-11-20-15-7-8-18-10-16(15)22-17(20)19-14/h3-6,11,18H,2,7-10H2,1H3. The van der Waals surface area contributed by atoms with Gasteiger partial charge >= 0.3 is 0 Å². The fourth-order valence-corrected chi connectivity index (χ4v) is 3.94. The van der Waals surface area contributed by atoms with Crippen molar-refractivity contribution in [3.63, 3.8) is 0 Å². The van der Waals surface area contributed by atoms with Crippen molar-refractivity contribution in [2.24, 2.45) is 0 Å². The number of benzene rings is 1. The molecule has 0 fully saturated rings. The van der Waals surface area contributed by atoms with Crippen LogP contribution in [-0.4, -0.2) is 22.5 Å². The number of aromatic nitrogens is 2. The number of ether oxygens (including phenoxy) is 1. The average Bonchev–Trinajstić information content (AvgIpc) is 3.11. The van der Waals surface area contributed by atoms with Crippen LogP contribution >= 0.6 is 11.3 Å². The molecule has 5 heteroatoms. The van der Waals surface area contributed by atoms with Crippen LogP contribution in [0.3, 0.4) is 0 Å². The Morgan fingerprint density at radius 3 is 3.00 bits per heavy atom. The first kappa shape index (κ1) is 13.8. The van der Waals surface area contributed by atoms with Crippen molar-refractivity contribution in [3.8, 4) is 17.0 Å². The summed E-state index contributed by atoms with van der Waals surface area (Å²) in [6, 6.07) is 8.23. The molecule has 0 unspecified atom stereocenters. The molecule has 0 saturated heterocycles. The molecule has 1 aromatic carbocycles. The van der Waals surface area contributed by atoms with Crippen LogP contribution in [-0.2, 0) is 13.0 Å². The molecule has 4 nitrogen and oxygen atoms in total. The van der Waals surface area contributed by atoms with E-state index in [1.807, 2.05) is 12.1 Å². The van der Waals surface area contributed by atoms with Crippen LogP contribution in [0.4, 0.5) is 0 Å². The van der Waals surface area contributed by atoms with Gasteiger partial charge in [0.05, 0.1) is 12.3 Å². The summed E-state index contributed by atoms with van der Waals surface area (Å²) in [6.07, 6.45) is 4.27. The minimum Gasteiger partial charge on any atom is -0.494 e. The maximum absolute atomic E-state index is 5.63. The minimum atomic E-state index is 0.764. The van der Waals surface area contributed by atoms with Crippen molar-refractivity contribution >= 4 is 16.3 Å². The van der Waals surface area contributed by atoms with E-state index in [9.17, 15) is 0 Å². The molecule has 0 amide bonds. The quantitative estimate of drug-likeness (QED) is 0.801. The number of thiazole rings is 1. The first-order valence-corrected chi connectivity index (χ1v) is 8.60. The lowest BCUT2D eigenvalue weighted by atomic mass is 10.1. The Hall–Kier alpha value is -1.85. The second kappa shape index (κ2) is 5.74. The smallest absolute Gasteiger partial charge is 0.194 e. The summed E-state index contributed by atoms with van der Waals surface area (Å²) in [5.41, 5.74) is 3.59. The van der Waals surface area contributed by atoms with Crippen molar-refractivity contribution in [1.82, 2.24) is 14.7 Å². The van der Waals surface area contributed by atoms with Gasteiger partial charge in [-0.3, -0.25) is 4.40 Å². The molecule has 0 saturated carbocycles. The lowest BCUT2D eigenvalue weighted by Crippen LogP contribution is -2.23. The largest absolute Gasteiger partial charge is 0.494 e. The van der Waals surface area contributed by atoms with Crippen LogP contribution in [0.15, 0.2) is 30.5 Å². The highest BCUT2D eigenvalue weighted by Crippen LogP contribution is 2.29. The maximum atomic E-state index is 5.63. The van der Waals surface area contributed by atoms with E-state index in [2.05, 4.69) is 35.0 Å². The summed E-state index contributed by atoms with van der Waals surface area (Å²) in [5.74, 6) is 0.926. The topological polar surface area (TPSA) is 38.6 Å². The van der Waals surface area contributed by atoms with Crippen LogP contribution in [0, 0.1) is 0 Å². The molecule has 2 aromatic heterocycles. The van der Waals surface area contributed by atoms with Gasteiger partial charge in [0, 0.05) is 41.8 Å². The van der Waals surface area contributed by atoms with Crippen molar-refractivity contribution in [1.29, 1.82) is 0 Å². The Kier molecular flexibility index (Phi) is 3.60. The second-order valence-corrected chi connectivity index (χ2v) is 6.61. The highest BCUT2D eigenvalue weighted by atomic mass is 32.1. The van der Waals surface area contributed by atoms with Gasteiger partial charge in [0.15, 0.2) is 4.96 Å². The average molecular weight is 313 g/mol. The van der Waals surface area contributed by atoms with Gasteiger partial charge in [0.2, 0.25) is 0 Å². The number of nitrogens with zero attached hydrogens (tertiary/aromatic N) is 2. The lowest BCUT2D eigenvalue weighted by Gasteiger charge is -2.11. The van der Waals surface area contributed by atoms with Crippen molar-refractivity contribution < 1.29 is 4.74 Å². The molecule has 0 radical (unpaired) electrons. The molecule has 0 atom stereocenters. The summed E-state index contributed by atoms with van der Waals surface area (Å²) in [7, 11) is 0. The first-order valence-electron chi connectivity index (χ1n) is 7.79. The molecule has 1 aliphatic heterocycles. The summed E-state index contributed by atoms with van der Waals surface area (Å²) < 4.78 is 7.90. The van der Waals surface area contributed by atoms with Crippen molar-refractivity contribution in [2.45, 2.75) is 26.3 Å². The molecule has 0 spiro atoms. The number of imidazole rings is 1. The van der Waals surface area contributed by atoms with Crippen molar-refractivity contribution in [3.05, 3.63) is 41.0 Å². The third-order valence-electron chi connectivity index (χ3n) is 3.95. The van der Waals surface area contributed by atoms with Crippen LogP contribution in [0.1, 0.15) is 23.9 Å². The van der Waals surface area contributed by atoms with Gasteiger partial charge in [-0.2, -0.15) is 0 Å². The normalized spacial score (nSPS) is 14.2. The Bertz CT molecular complexity index is 788. The van der Waals surface area contributed by atoms with E-state index in [4.69, 9.17) is 9.72 Å². The number of fused-ring (bicyclic) bond motifs is 3. The van der Waals surface area contributed by atoms with E-state index < -0.39 is 0 Å². The number of nitrogens with one attached hydrogen (secondary N) is 1. The summed E-state index contributed by atoms with van der Waals surface area (Å²) >= 11 is 1.79. The third-order valence-corrected chi connectivity index (χ3v) is 5.04. The van der Waals surface area contributed by atoms with Gasteiger partial charge in [-0.1, -0.05) is 18.3 Å². The summed E-state index contributed by atoms with van der Waals surface area (Å²) in [5, 5.41) is 3.42. The molecule has 3 aromatic rings. The second-order valence-electron chi connectivity index (χ2n) is 5.55. The zero-order chi connectivity index (χ0) is 14.9. The first-order chi connectivity index (χ1) is 10.8. The monoisotopic (exact) mass is 313 g/mol. The summed E-state index contributed by atoms with van der Waals surface area (Å²) in [6.45, 7) is 4.90. The maximum Gasteiger partial charge on any atom is 0.194 e. The minimum absolute atomic E-state index is 0.764. The van der Waals surface area contributed by atoms with Gasteiger partial charge in [-0.05, 0) is 30.7 Å². The van der Waals surface area contributed by atoms with E-state index >= 15 is 0 Å². The van der Waals surface area contributed by atoms with Crippen LogP contribution in [0.5, 0.6) is 5.75 Å². The van der Waals surface area contributed by atoms with E-state index in [1.165, 1.54) is 10.6 Å². The predicted molar refractivity (Wildman–Crippen MR) is 89.7 cm³/mol. The highest BCUT2D eigenvalue weighted by Gasteiger charge is 2.17. The molecule has 4 rings (SSSR count). The van der Waals surface area contributed by atoms with E-state index in [0.717, 1.165) is 54.5 Å². The fraction of sp³-hybridized carbons (Fsp3) is 0.353. The molecule has 114 valence electrons.